The predicted octanol–water partition coefficient (Wildman–Crippen LogP) is 1.56. The van der Waals surface area contributed by atoms with Crippen molar-refractivity contribution in [1.29, 1.82) is 0 Å². The van der Waals surface area contributed by atoms with Gasteiger partial charge in [-0.1, -0.05) is 6.08 Å². The summed E-state index contributed by atoms with van der Waals surface area (Å²) in [6, 6.07) is 1.82. The van der Waals surface area contributed by atoms with E-state index in [-0.39, 0.29) is 0 Å². The van der Waals surface area contributed by atoms with Crippen LogP contribution in [0.4, 0.5) is 5.82 Å². The molecular weight excluding hydrogens is 260 g/mol. The van der Waals surface area contributed by atoms with Crippen molar-refractivity contribution in [3.8, 4) is 0 Å². The van der Waals surface area contributed by atoms with Crippen LogP contribution in [0.15, 0.2) is 22.8 Å². The van der Waals surface area contributed by atoms with Gasteiger partial charge in [0.1, 0.15) is 5.82 Å². The number of fused-ring (bicyclic) bond motifs is 1. The normalized spacial score (nSPS) is 24.3. The fraction of sp³-hybridized carbons (Fsp3) is 0.200. The highest BCUT2D eigenvalue weighted by molar-refractivity contribution is 9.10. The molecule has 1 aromatic heterocycles. The second-order valence-electron chi connectivity index (χ2n) is 3.53. The summed E-state index contributed by atoms with van der Waals surface area (Å²) >= 11 is 3.29. The van der Waals surface area contributed by atoms with Crippen LogP contribution in [0.1, 0.15) is 12.5 Å². The number of pyridine rings is 1. The lowest BCUT2D eigenvalue weighted by atomic mass is 10.1. The van der Waals surface area contributed by atoms with Crippen molar-refractivity contribution in [3.05, 3.63) is 28.4 Å². The molecule has 2 rings (SSSR count). The molecule has 1 aliphatic rings. The molecule has 0 aliphatic carbocycles. The zero-order valence-corrected chi connectivity index (χ0v) is 9.58. The van der Waals surface area contributed by atoms with E-state index in [1.807, 2.05) is 6.07 Å². The van der Waals surface area contributed by atoms with Crippen LogP contribution in [0.3, 0.4) is 0 Å². The van der Waals surface area contributed by atoms with E-state index in [0.717, 1.165) is 10.0 Å². The third kappa shape index (κ3) is 1.93. The van der Waals surface area contributed by atoms with E-state index in [4.69, 9.17) is 0 Å². The Morgan fingerprint density at radius 1 is 1.60 bits per heavy atom. The minimum Gasteiger partial charge on any atom is -0.376 e. The SMILES string of the molecule is CC1(O)C=Cc2cc(Br)cnc2NC1=O. The molecule has 0 radical (unpaired) electrons. The van der Waals surface area contributed by atoms with Crippen LogP contribution >= 0.6 is 15.9 Å². The second-order valence-corrected chi connectivity index (χ2v) is 4.44. The van der Waals surface area contributed by atoms with Gasteiger partial charge in [0.15, 0.2) is 5.60 Å². The number of hydrogen-bond acceptors (Lipinski definition) is 3. The number of carbonyl (C=O) groups excluding carboxylic acids is 1. The van der Waals surface area contributed by atoms with Crippen molar-refractivity contribution < 1.29 is 9.90 Å². The topological polar surface area (TPSA) is 62.2 Å². The molecule has 0 saturated heterocycles. The molecule has 2 heterocycles. The number of amides is 1. The highest BCUT2D eigenvalue weighted by Gasteiger charge is 2.29. The lowest BCUT2D eigenvalue weighted by Gasteiger charge is -2.15. The van der Waals surface area contributed by atoms with Gasteiger partial charge in [0.2, 0.25) is 0 Å². The quantitative estimate of drug-likeness (QED) is 0.751. The van der Waals surface area contributed by atoms with Crippen molar-refractivity contribution in [2.75, 3.05) is 5.32 Å². The maximum atomic E-state index is 11.5. The predicted molar refractivity (Wildman–Crippen MR) is 60.2 cm³/mol. The highest BCUT2D eigenvalue weighted by atomic mass is 79.9. The minimum absolute atomic E-state index is 0.456. The first-order chi connectivity index (χ1) is 6.99. The van der Waals surface area contributed by atoms with Gasteiger partial charge < -0.3 is 10.4 Å². The van der Waals surface area contributed by atoms with E-state index >= 15 is 0 Å². The molecule has 0 aromatic carbocycles. The van der Waals surface area contributed by atoms with E-state index in [0.29, 0.717) is 5.82 Å². The molecule has 0 saturated carbocycles. The Kier molecular flexibility index (Phi) is 2.36. The van der Waals surface area contributed by atoms with Crippen molar-refractivity contribution >= 4 is 33.7 Å². The zero-order valence-electron chi connectivity index (χ0n) is 7.99. The second kappa shape index (κ2) is 3.43. The number of halogens is 1. The fourth-order valence-corrected chi connectivity index (χ4v) is 1.60. The smallest absolute Gasteiger partial charge is 0.261 e. The van der Waals surface area contributed by atoms with Crippen LogP contribution in [0, 0.1) is 0 Å². The van der Waals surface area contributed by atoms with Crippen molar-refractivity contribution in [3.63, 3.8) is 0 Å². The summed E-state index contributed by atoms with van der Waals surface area (Å²) in [5.41, 5.74) is -0.733. The van der Waals surface area contributed by atoms with Crippen molar-refractivity contribution in [1.82, 2.24) is 4.98 Å². The Morgan fingerprint density at radius 3 is 3.07 bits per heavy atom. The highest BCUT2D eigenvalue weighted by Crippen LogP contribution is 2.24. The number of hydrogen-bond donors (Lipinski definition) is 2. The van der Waals surface area contributed by atoms with Crippen molar-refractivity contribution in [2.45, 2.75) is 12.5 Å². The molecule has 0 bridgehead atoms. The number of anilines is 1. The van der Waals surface area contributed by atoms with Gasteiger partial charge in [0.25, 0.3) is 5.91 Å². The van der Waals surface area contributed by atoms with Crippen LogP contribution < -0.4 is 5.32 Å². The molecule has 1 aromatic rings. The summed E-state index contributed by atoms with van der Waals surface area (Å²) in [4.78, 5) is 15.6. The van der Waals surface area contributed by atoms with Gasteiger partial charge in [0.05, 0.1) is 0 Å². The summed E-state index contributed by atoms with van der Waals surface area (Å²) in [6.07, 6.45) is 4.71. The first-order valence-corrected chi connectivity index (χ1v) is 5.17. The Morgan fingerprint density at radius 2 is 2.33 bits per heavy atom. The first kappa shape index (κ1) is 10.3. The minimum atomic E-state index is -1.49. The number of aromatic nitrogens is 1. The van der Waals surface area contributed by atoms with Gasteiger partial charge in [-0.05, 0) is 35.0 Å². The van der Waals surface area contributed by atoms with E-state index in [1.165, 1.54) is 13.0 Å². The van der Waals surface area contributed by atoms with Gasteiger partial charge in [-0.25, -0.2) is 4.98 Å². The number of carbonyl (C=O) groups is 1. The van der Waals surface area contributed by atoms with E-state index in [1.54, 1.807) is 12.3 Å². The summed E-state index contributed by atoms with van der Waals surface area (Å²) in [7, 11) is 0. The third-order valence-electron chi connectivity index (χ3n) is 2.16. The zero-order chi connectivity index (χ0) is 11.1. The largest absolute Gasteiger partial charge is 0.376 e. The van der Waals surface area contributed by atoms with E-state index in [9.17, 15) is 9.90 Å². The average molecular weight is 269 g/mol. The Bertz CT molecular complexity index is 455. The fourth-order valence-electron chi connectivity index (χ4n) is 1.25. The van der Waals surface area contributed by atoms with Crippen LogP contribution in [-0.2, 0) is 4.79 Å². The van der Waals surface area contributed by atoms with E-state index in [2.05, 4.69) is 26.2 Å². The van der Waals surface area contributed by atoms with Crippen LogP contribution in [-0.4, -0.2) is 21.6 Å². The summed E-state index contributed by atoms with van der Waals surface area (Å²) in [5.74, 6) is -0.0236. The van der Waals surface area contributed by atoms with Crippen molar-refractivity contribution in [2.24, 2.45) is 0 Å². The molecule has 2 N–H and O–H groups in total. The molecule has 1 atom stereocenters. The van der Waals surface area contributed by atoms with Gasteiger partial charge in [0, 0.05) is 16.2 Å². The van der Waals surface area contributed by atoms with Gasteiger partial charge >= 0.3 is 0 Å². The molecule has 78 valence electrons. The van der Waals surface area contributed by atoms with E-state index < -0.39 is 11.5 Å². The number of nitrogens with one attached hydrogen (secondary N) is 1. The first-order valence-electron chi connectivity index (χ1n) is 4.38. The molecule has 1 amide bonds. The molecular formula is C10H9BrN2O2. The molecule has 5 heteroatoms. The average Bonchev–Trinajstić information content (AvgIpc) is 2.27. The molecule has 1 aliphatic heterocycles. The number of nitrogens with zero attached hydrogens (tertiary/aromatic N) is 1. The molecule has 1 unspecified atom stereocenters. The maximum absolute atomic E-state index is 11.5. The Hall–Kier alpha value is -1.20. The Labute approximate surface area is 95.2 Å². The molecule has 4 nitrogen and oxygen atoms in total. The maximum Gasteiger partial charge on any atom is 0.261 e. The van der Waals surface area contributed by atoms with Gasteiger partial charge in [-0.2, -0.15) is 0 Å². The third-order valence-corrected chi connectivity index (χ3v) is 2.60. The van der Waals surface area contributed by atoms with Crippen LogP contribution in [0.2, 0.25) is 0 Å². The van der Waals surface area contributed by atoms with Crippen LogP contribution in [0.5, 0.6) is 0 Å². The summed E-state index contributed by atoms with van der Waals surface area (Å²) in [5, 5.41) is 12.3. The number of aliphatic hydroxyl groups is 1. The standard InChI is InChI=1S/C10H9BrN2O2/c1-10(15)3-2-6-4-7(11)5-12-8(6)13-9(10)14/h2-5,15H,1H3,(H,12,13,14). The molecule has 0 spiro atoms. The Balaban J connectivity index is 2.51. The van der Waals surface area contributed by atoms with Gasteiger partial charge in [-0.15, -0.1) is 0 Å². The summed E-state index contributed by atoms with van der Waals surface area (Å²) < 4.78 is 0.821. The summed E-state index contributed by atoms with van der Waals surface area (Å²) in [6.45, 7) is 1.43. The molecule has 15 heavy (non-hydrogen) atoms. The monoisotopic (exact) mass is 268 g/mol. The van der Waals surface area contributed by atoms with Crippen LogP contribution in [0.25, 0.3) is 6.08 Å². The number of rotatable bonds is 0. The lowest BCUT2D eigenvalue weighted by Crippen LogP contribution is -2.37. The molecule has 0 fully saturated rings. The van der Waals surface area contributed by atoms with Gasteiger partial charge in [-0.3, -0.25) is 4.79 Å². The lowest BCUT2D eigenvalue weighted by molar-refractivity contribution is -0.128.